The molecule has 2 aliphatic carbocycles. The summed E-state index contributed by atoms with van der Waals surface area (Å²) in [6.07, 6.45) is 0.261. The summed E-state index contributed by atoms with van der Waals surface area (Å²) in [6, 6.07) is 3.15. The van der Waals surface area contributed by atoms with Gasteiger partial charge in [0.05, 0.1) is 23.3 Å². The number of benzene rings is 1. The summed E-state index contributed by atoms with van der Waals surface area (Å²) in [7, 11) is 0. The number of aryl methyl sites for hydroxylation is 1. The first-order valence-electron chi connectivity index (χ1n) is 13.5. The van der Waals surface area contributed by atoms with E-state index in [4.69, 9.17) is 4.74 Å². The van der Waals surface area contributed by atoms with Crippen LogP contribution in [0, 0.1) is 12.8 Å². The summed E-state index contributed by atoms with van der Waals surface area (Å²) in [5, 5.41) is 15.3. The fourth-order valence-corrected chi connectivity index (χ4v) is 5.07. The Morgan fingerprint density at radius 3 is 2.40 bits per heavy atom. The number of aliphatic hydroxyl groups excluding tert-OH is 1. The van der Waals surface area contributed by atoms with Crippen LogP contribution >= 0.6 is 0 Å². The summed E-state index contributed by atoms with van der Waals surface area (Å²) in [4.78, 5) is 36.9. The van der Waals surface area contributed by atoms with Gasteiger partial charge in [-0.15, -0.1) is 0 Å². The van der Waals surface area contributed by atoms with E-state index in [1.54, 1.807) is 6.92 Å². The van der Waals surface area contributed by atoms with E-state index in [9.17, 15) is 27.9 Å². The fraction of sp³-hybridized carbons (Fsp3) is 0.500. The summed E-state index contributed by atoms with van der Waals surface area (Å²) >= 11 is 0. The van der Waals surface area contributed by atoms with Crippen molar-refractivity contribution in [2.75, 3.05) is 6.61 Å². The van der Waals surface area contributed by atoms with Gasteiger partial charge in [0.2, 0.25) is 5.91 Å². The Morgan fingerprint density at radius 1 is 1.10 bits per heavy atom. The predicted octanol–water partition coefficient (Wildman–Crippen LogP) is 4.28. The van der Waals surface area contributed by atoms with Crippen LogP contribution in [0.25, 0.3) is 22.3 Å². The lowest BCUT2D eigenvalue weighted by Gasteiger charge is -2.30. The van der Waals surface area contributed by atoms with Crippen LogP contribution in [0.5, 0.6) is 5.75 Å². The predicted molar refractivity (Wildman–Crippen MR) is 141 cm³/mol. The highest BCUT2D eigenvalue weighted by Gasteiger charge is 2.33. The van der Waals surface area contributed by atoms with Crippen molar-refractivity contribution in [3.63, 3.8) is 0 Å². The van der Waals surface area contributed by atoms with Gasteiger partial charge in [0.25, 0.3) is 5.91 Å². The molecule has 0 bridgehead atoms. The monoisotopic (exact) mass is 559 g/mol. The molecule has 2 heterocycles. The standard InChI is InChI=1S/C28H32F3N5O4/c1-14-22(27(39)36-19-8-6-18(7-9-19)35-26(38)15(2)37)24-25(34-14)23(32-13-33-24)20-11-17(28(29,30)31)5-10-21(20)40-12-16-3-4-16/h5,10-11,13,15-16,18-19,34,37H,3-4,6-9,12H2,1-2H3,(H,35,38)(H,36,39)/t15-,18-,19-/m0/s1. The van der Waals surface area contributed by atoms with Crippen molar-refractivity contribution in [1.82, 2.24) is 25.6 Å². The first-order valence-corrected chi connectivity index (χ1v) is 13.5. The molecule has 2 aliphatic rings. The third kappa shape index (κ3) is 6.06. The molecule has 9 nitrogen and oxygen atoms in total. The Balaban J connectivity index is 1.39. The van der Waals surface area contributed by atoms with Crippen molar-refractivity contribution in [2.24, 2.45) is 5.92 Å². The normalized spacial score (nSPS) is 20.2. The molecule has 0 saturated heterocycles. The molecule has 2 saturated carbocycles. The van der Waals surface area contributed by atoms with Gasteiger partial charge >= 0.3 is 6.18 Å². The molecule has 5 rings (SSSR count). The van der Waals surface area contributed by atoms with Crippen molar-refractivity contribution in [1.29, 1.82) is 0 Å². The molecule has 0 spiro atoms. The number of rotatable bonds is 8. The van der Waals surface area contributed by atoms with Crippen molar-refractivity contribution in [3.05, 3.63) is 41.3 Å². The highest BCUT2D eigenvalue weighted by atomic mass is 19.4. The smallest absolute Gasteiger partial charge is 0.416 e. The molecule has 0 unspecified atom stereocenters. The average molecular weight is 560 g/mol. The first kappa shape index (κ1) is 27.9. The van der Waals surface area contributed by atoms with E-state index in [1.807, 2.05) is 0 Å². The van der Waals surface area contributed by atoms with Crippen LogP contribution in [0.4, 0.5) is 13.2 Å². The first-order chi connectivity index (χ1) is 19.0. The Labute approximate surface area is 228 Å². The Kier molecular flexibility index (Phi) is 7.72. The van der Waals surface area contributed by atoms with Crippen LogP contribution in [0.2, 0.25) is 0 Å². The molecule has 2 amide bonds. The van der Waals surface area contributed by atoms with Crippen molar-refractivity contribution >= 4 is 22.8 Å². The zero-order valence-electron chi connectivity index (χ0n) is 22.3. The van der Waals surface area contributed by atoms with Gasteiger partial charge in [-0.3, -0.25) is 9.59 Å². The second kappa shape index (κ2) is 11.1. The number of aliphatic hydroxyl groups is 1. The van der Waals surface area contributed by atoms with E-state index < -0.39 is 23.8 Å². The lowest BCUT2D eigenvalue weighted by Crippen LogP contribution is -2.46. The van der Waals surface area contributed by atoms with Gasteiger partial charge in [-0.2, -0.15) is 13.2 Å². The summed E-state index contributed by atoms with van der Waals surface area (Å²) in [5.74, 6) is -0.0795. The Bertz CT molecular complexity index is 1410. The molecule has 40 heavy (non-hydrogen) atoms. The van der Waals surface area contributed by atoms with E-state index in [0.29, 0.717) is 60.5 Å². The number of hydrogen-bond acceptors (Lipinski definition) is 6. The maximum atomic E-state index is 13.6. The number of nitrogens with zero attached hydrogens (tertiary/aromatic N) is 2. The molecule has 3 aromatic rings. The number of aromatic amines is 1. The number of carbonyl (C=O) groups excluding carboxylic acids is 2. The number of hydrogen-bond donors (Lipinski definition) is 4. The second-order valence-corrected chi connectivity index (χ2v) is 10.7. The quantitative estimate of drug-likeness (QED) is 0.326. The van der Waals surface area contributed by atoms with Crippen LogP contribution in [0.3, 0.4) is 0 Å². The number of nitrogens with one attached hydrogen (secondary N) is 3. The van der Waals surface area contributed by atoms with Crippen molar-refractivity contribution in [2.45, 2.75) is 76.7 Å². The number of halogens is 3. The number of fused-ring (bicyclic) bond motifs is 1. The van der Waals surface area contributed by atoms with Crippen LogP contribution < -0.4 is 15.4 Å². The third-order valence-corrected chi connectivity index (χ3v) is 7.52. The molecule has 1 aromatic carbocycles. The van der Waals surface area contributed by atoms with Gasteiger partial charge in [0, 0.05) is 23.3 Å². The van der Waals surface area contributed by atoms with Crippen LogP contribution in [-0.4, -0.2) is 56.7 Å². The number of H-pyrrole nitrogens is 1. The summed E-state index contributed by atoms with van der Waals surface area (Å²) in [6.45, 7) is 3.53. The zero-order chi connectivity index (χ0) is 28.6. The maximum Gasteiger partial charge on any atom is 0.416 e. The average Bonchev–Trinajstić information content (AvgIpc) is 3.67. The lowest BCUT2D eigenvalue weighted by molar-refractivity contribution is -0.137. The van der Waals surface area contributed by atoms with Crippen LogP contribution in [0.1, 0.15) is 67.1 Å². The molecular weight excluding hydrogens is 527 g/mol. The zero-order valence-corrected chi connectivity index (χ0v) is 22.3. The second-order valence-electron chi connectivity index (χ2n) is 10.7. The number of amides is 2. The molecule has 0 radical (unpaired) electrons. The Morgan fingerprint density at radius 2 is 1.77 bits per heavy atom. The number of ether oxygens (including phenoxy) is 1. The van der Waals surface area contributed by atoms with Gasteiger partial charge in [-0.25, -0.2) is 9.97 Å². The van der Waals surface area contributed by atoms with Crippen LogP contribution in [0.15, 0.2) is 24.5 Å². The lowest BCUT2D eigenvalue weighted by atomic mass is 9.90. The largest absolute Gasteiger partial charge is 0.493 e. The van der Waals surface area contributed by atoms with Gasteiger partial charge in [0.15, 0.2) is 0 Å². The maximum absolute atomic E-state index is 13.6. The number of carbonyl (C=O) groups is 2. The topological polar surface area (TPSA) is 129 Å². The van der Waals surface area contributed by atoms with E-state index in [-0.39, 0.29) is 35.0 Å². The van der Waals surface area contributed by atoms with E-state index >= 15 is 0 Å². The van der Waals surface area contributed by atoms with Gasteiger partial charge in [-0.1, -0.05) is 0 Å². The number of alkyl halides is 3. The highest BCUT2D eigenvalue weighted by molar-refractivity contribution is 6.09. The number of aromatic nitrogens is 3. The molecule has 214 valence electrons. The van der Waals surface area contributed by atoms with Crippen molar-refractivity contribution in [3.8, 4) is 17.0 Å². The Hall–Kier alpha value is -3.67. The van der Waals surface area contributed by atoms with E-state index in [0.717, 1.165) is 25.0 Å². The van der Waals surface area contributed by atoms with E-state index in [2.05, 4.69) is 25.6 Å². The minimum Gasteiger partial charge on any atom is -0.493 e. The van der Waals surface area contributed by atoms with Gasteiger partial charge < -0.3 is 25.5 Å². The third-order valence-electron chi connectivity index (χ3n) is 7.52. The van der Waals surface area contributed by atoms with E-state index in [1.165, 1.54) is 19.3 Å². The molecule has 12 heteroatoms. The highest BCUT2D eigenvalue weighted by Crippen LogP contribution is 2.40. The minimum atomic E-state index is -4.55. The van der Waals surface area contributed by atoms with Crippen molar-refractivity contribution < 1.29 is 32.6 Å². The fourth-order valence-electron chi connectivity index (χ4n) is 5.07. The molecule has 4 N–H and O–H groups in total. The summed E-state index contributed by atoms with van der Waals surface area (Å²) < 4.78 is 46.7. The summed E-state index contributed by atoms with van der Waals surface area (Å²) in [5.41, 5.74) is 1.05. The van der Waals surface area contributed by atoms with Gasteiger partial charge in [-0.05, 0) is 76.5 Å². The molecule has 1 atom stereocenters. The van der Waals surface area contributed by atoms with Crippen LogP contribution in [-0.2, 0) is 11.0 Å². The molecular formula is C28H32F3N5O4. The van der Waals surface area contributed by atoms with Gasteiger partial charge in [0.1, 0.15) is 29.4 Å². The molecule has 0 aliphatic heterocycles. The minimum absolute atomic E-state index is 0.0656. The molecule has 2 aromatic heterocycles. The SMILES string of the molecule is Cc1[nH]c2c(-c3cc(C(F)(F)F)ccc3OCC3CC3)ncnc2c1C(=O)N[C@H]1CC[C@H](NC(=O)[C@H](C)O)CC1. The molecule has 2 fully saturated rings.